The summed E-state index contributed by atoms with van der Waals surface area (Å²) in [5.41, 5.74) is 6.38. The van der Waals surface area contributed by atoms with Gasteiger partial charge in [-0.3, -0.25) is 9.48 Å². The number of hydrazone groups is 1. The molecule has 1 aliphatic heterocycles. The number of amides is 3. The molecule has 1 atom stereocenters. The van der Waals surface area contributed by atoms with Crippen LogP contribution in [0.25, 0.3) is 11.4 Å². The number of rotatable bonds is 8. The predicted octanol–water partition coefficient (Wildman–Crippen LogP) is 1.52. The molecule has 0 fully saturated rings. The summed E-state index contributed by atoms with van der Waals surface area (Å²) in [6, 6.07) is 10.8. The first-order chi connectivity index (χ1) is 16.0. The number of benzene rings is 1. The Morgan fingerprint density at radius 3 is 2.79 bits per heavy atom. The second kappa shape index (κ2) is 9.85. The minimum absolute atomic E-state index is 0.0168. The first-order valence-electron chi connectivity index (χ1n) is 10.2. The average Bonchev–Trinajstić information content (AvgIpc) is 3.48. The fourth-order valence-electron chi connectivity index (χ4n) is 3.35. The maximum Gasteiger partial charge on any atom is 0.338 e. The van der Waals surface area contributed by atoms with E-state index in [4.69, 9.17) is 5.73 Å². The highest BCUT2D eigenvalue weighted by Gasteiger charge is 2.27. The van der Waals surface area contributed by atoms with Crippen molar-refractivity contribution >= 4 is 24.1 Å². The zero-order chi connectivity index (χ0) is 23.2. The van der Waals surface area contributed by atoms with E-state index in [1.807, 2.05) is 30.3 Å². The fraction of sp³-hybridized carbons (Fsp3) is 0.238. The first-order valence-corrected chi connectivity index (χ1v) is 10.2. The zero-order valence-electron chi connectivity index (χ0n) is 17.6. The molecule has 2 aromatic heterocycles. The smallest absolute Gasteiger partial charge is 0.338 e. The molecule has 170 valence electrons. The summed E-state index contributed by atoms with van der Waals surface area (Å²) < 4.78 is 15.5. The van der Waals surface area contributed by atoms with Crippen molar-refractivity contribution in [2.24, 2.45) is 10.8 Å². The highest BCUT2D eigenvalue weighted by atomic mass is 19.1. The Kier molecular flexibility index (Phi) is 6.53. The maximum absolute atomic E-state index is 14.2. The second-order valence-electron chi connectivity index (χ2n) is 7.22. The van der Waals surface area contributed by atoms with Crippen LogP contribution in [-0.4, -0.2) is 56.0 Å². The van der Waals surface area contributed by atoms with Gasteiger partial charge in [0.05, 0.1) is 12.2 Å². The molecule has 0 unspecified atom stereocenters. The number of primary amides is 1. The average molecular weight is 451 g/mol. The number of nitrogens with one attached hydrogen (secondary N) is 2. The van der Waals surface area contributed by atoms with Gasteiger partial charge in [0.25, 0.3) is 0 Å². The molecular weight excluding hydrogens is 429 g/mol. The summed E-state index contributed by atoms with van der Waals surface area (Å²) in [7, 11) is 0. The van der Waals surface area contributed by atoms with E-state index in [9.17, 15) is 14.0 Å². The lowest BCUT2D eigenvalue weighted by molar-refractivity contribution is -0.118. The number of nitrogens with two attached hydrogens (primary N) is 1. The predicted molar refractivity (Wildman–Crippen MR) is 118 cm³/mol. The van der Waals surface area contributed by atoms with Crippen LogP contribution in [0.2, 0.25) is 0 Å². The van der Waals surface area contributed by atoms with Gasteiger partial charge in [-0.15, -0.1) is 0 Å². The van der Waals surface area contributed by atoms with Crippen LogP contribution < -0.4 is 16.4 Å². The van der Waals surface area contributed by atoms with Gasteiger partial charge in [0.1, 0.15) is 17.9 Å². The summed E-state index contributed by atoms with van der Waals surface area (Å²) in [4.78, 5) is 31.6. The van der Waals surface area contributed by atoms with Crippen LogP contribution in [0.4, 0.5) is 15.1 Å². The van der Waals surface area contributed by atoms with E-state index in [1.165, 1.54) is 22.0 Å². The van der Waals surface area contributed by atoms with Gasteiger partial charge in [-0.25, -0.2) is 24.2 Å². The van der Waals surface area contributed by atoms with Gasteiger partial charge < -0.3 is 16.4 Å². The van der Waals surface area contributed by atoms with Crippen molar-refractivity contribution in [3.05, 3.63) is 60.2 Å². The third kappa shape index (κ3) is 5.29. The summed E-state index contributed by atoms with van der Waals surface area (Å²) in [6.07, 6.45) is 4.90. The topological polar surface area (TPSA) is 143 Å². The number of hydrogen-bond acceptors (Lipinski definition) is 7. The van der Waals surface area contributed by atoms with Crippen molar-refractivity contribution in [3.8, 4) is 11.4 Å². The van der Waals surface area contributed by atoms with E-state index < -0.39 is 11.7 Å². The first kappa shape index (κ1) is 21.9. The summed E-state index contributed by atoms with van der Waals surface area (Å²) in [5.74, 6) is -1.05. The summed E-state index contributed by atoms with van der Waals surface area (Å²) >= 11 is 0. The largest absolute Gasteiger partial charge is 0.368 e. The van der Waals surface area contributed by atoms with Gasteiger partial charge in [-0.05, 0) is 11.6 Å². The van der Waals surface area contributed by atoms with Crippen LogP contribution in [0, 0.1) is 5.82 Å². The molecule has 3 heterocycles. The Labute approximate surface area is 188 Å². The standard InChI is InChI=1S/C21H22FN9O2/c22-15-12-26-20(28-19(15)16-7-11-30(29-16)13-18(23)32)24-9-10-25-21(33)31-17(6-8-27-31)14-4-2-1-3-5-14/h1-5,7-8,11-12,17H,6,9-10,13H2,(H2,23,32)(H,25,33)(H,24,26,28)/t17-/m0/s1. The number of carbonyl (C=O) groups excluding carboxylic acids is 2. The molecule has 1 aromatic carbocycles. The van der Waals surface area contributed by atoms with Crippen molar-refractivity contribution in [2.75, 3.05) is 18.4 Å². The molecule has 33 heavy (non-hydrogen) atoms. The molecular formula is C21H22FN9O2. The van der Waals surface area contributed by atoms with E-state index in [-0.39, 0.29) is 42.5 Å². The number of hydrogen-bond donors (Lipinski definition) is 3. The molecule has 0 bridgehead atoms. The van der Waals surface area contributed by atoms with Gasteiger partial charge in [-0.2, -0.15) is 10.2 Å². The third-order valence-electron chi connectivity index (χ3n) is 4.85. The molecule has 11 nitrogen and oxygen atoms in total. The van der Waals surface area contributed by atoms with Gasteiger partial charge in [0.2, 0.25) is 11.9 Å². The maximum atomic E-state index is 14.2. The lowest BCUT2D eigenvalue weighted by Crippen LogP contribution is -2.39. The Bertz CT molecular complexity index is 1170. The van der Waals surface area contributed by atoms with Crippen LogP contribution >= 0.6 is 0 Å². The highest BCUT2D eigenvalue weighted by Crippen LogP contribution is 2.27. The Morgan fingerprint density at radius 1 is 1.18 bits per heavy atom. The zero-order valence-corrected chi connectivity index (χ0v) is 17.6. The minimum atomic E-state index is -0.656. The highest BCUT2D eigenvalue weighted by molar-refractivity contribution is 5.78. The molecule has 0 saturated heterocycles. The molecule has 3 amide bonds. The van der Waals surface area contributed by atoms with E-state index >= 15 is 0 Å². The summed E-state index contributed by atoms with van der Waals surface area (Å²) in [6.45, 7) is 0.458. The van der Waals surface area contributed by atoms with E-state index in [2.05, 4.69) is 30.8 Å². The van der Waals surface area contributed by atoms with Gasteiger partial charge in [0, 0.05) is 31.9 Å². The Morgan fingerprint density at radius 2 is 2.00 bits per heavy atom. The number of nitrogens with zero attached hydrogens (tertiary/aromatic N) is 6. The Balaban J connectivity index is 1.31. The minimum Gasteiger partial charge on any atom is -0.368 e. The summed E-state index contributed by atoms with van der Waals surface area (Å²) in [5, 5.41) is 15.4. The fourth-order valence-corrected chi connectivity index (χ4v) is 3.35. The molecule has 4 N–H and O–H groups in total. The number of anilines is 1. The third-order valence-corrected chi connectivity index (χ3v) is 4.85. The molecule has 4 rings (SSSR count). The van der Waals surface area contributed by atoms with Crippen molar-refractivity contribution in [1.82, 2.24) is 30.1 Å². The molecule has 1 aliphatic rings. The molecule has 0 spiro atoms. The van der Waals surface area contributed by atoms with Crippen molar-refractivity contribution in [3.63, 3.8) is 0 Å². The lowest BCUT2D eigenvalue weighted by Gasteiger charge is -2.22. The second-order valence-corrected chi connectivity index (χ2v) is 7.22. The van der Waals surface area contributed by atoms with Crippen LogP contribution in [0.3, 0.4) is 0 Å². The quantitative estimate of drug-likeness (QED) is 0.443. The normalized spacial score (nSPS) is 14.9. The lowest BCUT2D eigenvalue weighted by atomic mass is 10.1. The molecule has 3 aromatic rings. The molecule has 12 heteroatoms. The van der Waals surface area contributed by atoms with Crippen LogP contribution in [0.1, 0.15) is 18.0 Å². The van der Waals surface area contributed by atoms with Crippen molar-refractivity contribution in [1.29, 1.82) is 0 Å². The SMILES string of the molecule is NC(=O)Cn1ccc(-c2nc(NCCNC(=O)N3N=CC[C@H]3c3ccccc3)ncc2F)n1. The van der Waals surface area contributed by atoms with E-state index in [0.717, 1.165) is 11.8 Å². The Hall–Kier alpha value is -4.35. The monoisotopic (exact) mass is 451 g/mol. The van der Waals surface area contributed by atoms with Crippen LogP contribution in [0.15, 0.2) is 53.9 Å². The number of urea groups is 1. The van der Waals surface area contributed by atoms with Crippen molar-refractivity contribution in [2.45, 2.75) is 19.0 Å². The van der Waals surface area contributed by atoms with Gasteiger partial charge >= 0.3 is 6.03 Å². The molecule has 0 aliphatic carbocycles. The number of carbonyl (C=O) groups is 2. The van der Waals surface area contributed by atoms with Gasteiger partial charge in [0.15, 0.2) is 5.82 Å². The van der Waals surface area contributed by atoms with Crippen molar-refractivity contribution < 1.29 is 14.0 Å². The molecule has 0 saturated carbocycles. The number of aromatic nitrogens is 4. The number of halogens is 1. The molecule has 0 radical (unpaired) electrons. The van der Waals surface area contributed by atoms with E-state index in [1.54, 1.807) is 6.21 Å². The van der Waals surface area contributed by atoms with E-state index in [0.29, 0.717) is 13.0 Å². The van der Waals surface area contributed by atoms with Gasteiger partial charge in [-0.1, -0.05) is 30.3 Å². The van der Waals surface area contributed by atoms with Crippen LogP contribution in [-0.2, 0) is 11.3 Å². The van der Waals surface area contributed by atoms with Crippen LogP contribution in [0.5, 0.6) is 0 Å².